The van der Waals surface area contributed by atoms with Crippen LogP contribution in [-0.2, 0) is 6.42 Å². The van der Waals surface area contributed by atoms with Crippen LogP contribution in [0.15, 0.2) is 65.8 Å². The number of para-hydroxylation sites is 1. The minimum Gasteiger partial charge on any atom is -0.494 e. The average molecular weight is 513 g/mol. The molecule has 0 saturated carbocycles. The van der Waals surface area contributed by atoms with Crippen molar-refractivity contribution in [2.24, 2.45) is 5.10 Å². The number of aromatic nitrogens is 1. The zero-order valence-corrected chi connectivity index (χ0v) is 21.8. The van der Waals surface area contributed by atoms with E-state index in [2.05, 4.69) is 36.5 Å². The van der Waals surface area contributed by atoms with E-state index in [1.165, 1.54) is 5.56 Å². The molecule has 0 fully saturated rings. The van der Waals surface area contributed by atoms with Crippen molar-refractivity contribution in [3.05, 3.63) is 88.5 Å². The van der Waals surface area contributed by atoms with Crippen molar-refractivity contribution in [2.75, 3.05) is 11.4 Å². The van der Waals surface area contributed by atoms with Crippen molar-refractivity contribution in [2.45, 2.75) is 33.6 Å². The van der Waals surface area contributed by atoms with E-state index >= 15 is 0 Å². The van der Waals surface area contributed by atoms with Gasteiger partial charge in [0.05, 0.1) is 22.4 Å². The Hall–Kier alpha value is -4.17. The summed E-state index contributed by atoms with van der Waals surface area (Å²) in [6.45, 7) is 6.67. The predicted molar refractivity (Wildman–Crippen MR) is 151 cm³/mol. The van der Waals surface area contributed by atoms with Crippen LogP contribution in [0.4, 0.5) is 5.69 Å². The molecule has 5 rings (SSSR count). The van der Waals surface area contributed by atoms with E-state index in [1.807, 2.05) is 46.7 Å². The molecule has 4 aromatic rings. The lowest BCUT2D eigenvalue weighted by Gasteiger charge is -2.31. The molecule has 0 saturated heterocycles. The van der Waals surface area contributed by atoms with Crippen LogP contribution in [0.1, 0.15) is 46.0 Å². The van der Waals surface area contributed by atoms with Gasteiger partial charge < -0.3 is 15.1 Å². The number of carbonyl (C=O) groups is 1. The van der Waals surface area contributed by atoms with Crippen LogP contribution in [0.25, 0.3) is 16.6 Å². The minimum absolute atomic E-state index is 0.114. The predicted octanol–water partition coefficient (Wildman–Crippen LogP) is 5.70. The smallest absolute Gasteiger partial charge is 0.335 e. The van der Waals surface area contributed by atoms with Crippen LogP contribution >= 0.6 is 12.2 Å². The largest absolute Gasteiger partial charge is 0.494 e. The second kappa shape index (κ2) is 9.71. The van der Waals surface area contributed by atoms with Crippen LogP contribution in [-0.4, -0.2) is 38.1 Å². The fraction of sp³-hybridized carbons (Fsp3) is 0.207. The standard InChI is InChI=1S/C29H28N4O3S/c1-17-10-12-22(15-18(17)2)33-25-9-5-4-8-23(25)26(27(33)34)19(3)30-31-29(37)32-14-6-7-20-16-21(28(35)36)11-13-24(20)32/h4-5,8-13,15-16,34H,6-7,14H2,1-3H3,(H,31,37)(H,35,36)/b30-19+. The molecule has 0 aliphatic carbocycles. The monoisotopic (exact) mass is 512 g/mol. The maximum atomic E-state index is 11.4. The number of nitrogens with one attached hydrogen (secondary N) is 1. The van der Waals surface area contributed by atoms with Gasteiger partial charge in [-0.1, -0.05) is 24.3 Å². The summed E-state index contributed by atoms with van der Waals surface area (Å²) in [6.07, 6.45) is 1.65. The van der Waals surface area contributed by atoms with Gasteiger partial charge in [-0.2, -0.15) is 5.10 Å². The summed E-state index contributed by atoms with van der Waals surface area (Å²) in [7, 11) is 0. The SMILES string of the molecule is C/C(=N\NC(=S)N1CCCc2cc(C(=O)O)ccc21)c1c(O)n(-c2ccc(C)c(C)c2)c2ccccc12. The van der Waals surface area contributed by atoms with E-state index in [0.717, 1.165) is 46.2 Å². The number of carboxylic acids is 1. The molecule has 0 spiro atoms. The third-order valence-corrected chi connectivity index (χ3v) is 7.28. The second-order valence-corrected chi connectivity index (χ2v) is 9.72. The molecule has 2 heterocycles. The highest BCUT2D eigenvalue weighted by Gasteiger charge is 2.23. The van der Waals surface area contributed by atoms with Crippen molar-refractivity contribution < 1.29 is 15.0 Å². The number of carboxylic acid groups (broad SMARTS) is 1. The summed E-state index contributed by atoms with van der Waals surface area (Å²) < 4.78 is 1.84. The van der Waals surface area contributed by atoms with Crippen LogP contribution < -0.4 is 10.3 Å². The molecule has 7 nitrogen and oxygen atoms in total. The maximum Gasteiger partial charge on any atom is 0.335 e. The molecule has 8 heteroatoms. The van der Waals surface area contributed by atoms with Crippen LogP contribution in [0.3, 0.4) is 0 Å². The van der Waals surface area contributed by atoms with Crippen LogP contribution in [0.5, 0.6) is 5.88 Å². The fourth-order valence-electron chi connectivity index (χ4n) is 4.90. The Labute approximate surface area is 220 Å². The molecule has 0 atom stereocenters. The second-order valence-electron chi connectivity index (χ2n) is 9.34. The first-order valence-corrected chi connectivity index (χ1v) is 12.6. The van der Waals surface area contributed by atoms with Gasteiger partial charge in [-0.05, 0) is 98.9 Å². The summed E-state index contributed by atoms with van der Waals surface area (Å²) in [6, 6.07) is 19.1. The highest BCUT2D eigenvalue weighted by molar-refractivity contribution is 7.80. The van der Waals surface area contributed by atoms with Gasteiger partial charge in [-0.3, -0.25) is 9.99 Å². The molecule has 1 aromatic heterocycles. The summed E-state index contributed by atoms with van der Waals surface area (Å²) in [5.74, 6) is -0.830. The van der Waals surface area contributed by atoms with Gasteiger partial charge in [0.15, 0.2) is 5.11 Å². The molecule has 0 bridgehead atoms. The Balaban J connectivity index is 1.47. The molecular weight excluding hydrogens is 484 g/mol. The quantitative estimate of drug-likeness (QED) is 0.185. The van der Waals surface area contributed by atoms with Gasteiger partial charge >= 0.3 is 5.97 Å². The van der Waals surface area contributed by atoms with E-state index in [-0.39, 0.29) is 11.4 Å². The van der Waals surface area contributed by atoms with Gasteiger partial charge in [-0.15, -0.1) is 0 Å². The van der Waals surface area contributed by atoms with E-state index in [0.29, 0.717) is 22.9 Å². The van der Waals surface area contributed by atoms with E-state index < -0.39 is 5.97 Å². The van der Waals surface area contributed by atoms with Gasteiger partial charge in [0, 0.05) is 23.3 Å². The minimum atomic E-state index is -0.944. The molecule has 3 N–H and O–H groups in total. The number of hydrogen-bond acceptors (Lipinski definition) is 4. The normalized spacial score (nSPS) is 13.5. The summed E-state index contributed by atoms with van der Waals surface area (Å²) in [5.41, 5.74) is 10.4. The Morgan fingerprint density at radius 2 is 1.84 bits per heavy atom. The summed E-state index contributed by atoms with van der Waals surface area (Å²) in [4.78, 5) is 13.3. The Morgan fingerprint density at radius 3 is 2.59 bits per heavy atom. The number of nitrogens with zero attached hydrogens (tertiary/aromatic N) is 3. The molecule has 1 aliphatic rings. The number of aromatic hydroxyl groups is 1. The van der Waals surface area contributed by atoms with Crippen LogP contribution in [0, 0.1) is 13.8 Å². The highest BCUT2D eigenvalue weighted by Crippen LogP contribution is 2.35. The number of aromatic carboxylic acids is 1. The Kier molecular flexibility index (Phi) is 6.43. The first-order valence-electron chi connectivity index (χ1n) is 12.1. The molecule has 0 unspecified atom stereocenters. The zero-order valence-electron chi connectivity index (χ0n) is 20.9. The third kappa shape index (κ3) is 4.44. The van der Waals surface area contributed by atoms with Crippen molar-refractivity contribution in [1.82, 2.24) is 9.99 Å². The number of benzene rings is 3. The lowest BCUT2D eigenvalue weighted by Crippen LogP contribution is -2.41. The lowest BCUT2D eigenvalue weighted by molar-refractivity contribution is 0.0696. The first-order chi connectivity index (χ1) is 17.8. The molecule has 0 radical (unpaired) electrons. The fourth-order valence-corrected chi connectivity index (χ4v) is 5.13. The molecular formula is C29H28N4O3S. The van der Waals surface area contributed by atoms with Crippen molar-refractivity contribution >= 4 is 45.6 Å². The molecule has 1 aliphatic heterocycles. The topological polar surface area (TPSA) is 90.1 Å². The van der Waals surface area contributed by atoms with Gasteiger partial charge in [0.1, 0.15) is 0 Å². The number of fused-ring (bicyclic) bond motifs is 2. The summed E-state index contributed by atoms with van der Waals surface area (Å²) in [5, 5.41) is 26.6. The van der Waals surface area contributed by atoms with E-state index in [9.17, 15) is 15.0 Å². The van der Waals surface area contributed by atoms with Gasteiger partial charge in [0.2, 0.25) is 5.88 Å². The first kappa shape index (κ1) is 24.5. The number of anilines is 1. The average Bonchev–Trinajstić information content (AvgIpc) is 3.19. The number of hydrogen-bond donors (Lipinski definition) is 3. The number of aryl methyl sites for hydroxylation is 3. The Bertz CT molecular complexity index is 1590. The molecule has 37 heavy (non-hydrogen) atoms. The zero-order chi connectivity index (χ0) is 26.3. The van der Waals surface area contributed by atoms with Gasteiger partial charge in [0.25, 0.3) is 0 Å². The number of rotatable bonds is 4. The van der Waals surface area contributed by atoms with Gasteiger partial charge in [-0.25, -0.2) is 4.79 Å². The Morgan fingerprint density at radius 1 is 1.05 bits per heavy atom. The molecule has 188 valence electrons. The van der Waals surface area contributed by atoms with Crippen molar-refractivity contribution in [3.63, 3.8) is 0 Å². The van der Waals surface area contributed by atoms with Crippen molar-refractivity contribution in [3.8, 4) is 11.6 Å². The number of thiocarbonyl (C=S) groups is 1. The maximum absolute atomic E-state index is 11.4. The highest BCUT2D eigenvalue weighted by atomic mass is 32.1. The lowest BCUT2D eigenvalue weighted by atomic mass is 9.99. The van der Waals surface area contributed by atoms with Crippen molar-refractivity contribution in [1.29, 1.82) is 0 Å². The van der Waals surface area contributed by atoms with E-state index in [1.54, 1.807) is 18.2 Å². The van der Waals surface area contributed by atoms with E-state index in [4.69, 9.17) is 12.2 Å². The summed E-state index contributed by atoms with van der Waals surface area (Å²) >= 11 is 5.66. The van der Waals surface area contributed by atoms with Crippen LogP contribution in [0.2, 0.25) is 0 Å². The number of hydrazone groups is 1. The third-order valence-electron chi connectivity index (χ3n) is 6.97. The molecule has 3 aromatic carbocycles. The molecule has 0 amide bonds.